The lowest BCUT2D eigenvalue weighted by Crippen LogP contribution is -2.31. The molecule has 1 nitrogen and oxygen atoms in total. The molecular weight excluding hydrogens is 146 g/mol. The summed E-state index contributed by atoms with van der Waals surface area (Å²) in [6, 6.07) is 0.970. The van der Waals surface area contributed by atoms with E-state index in [0.29, 0.717) is 5.54 Å². The predicted octanol–water partition coefficient (Wildman–Crippen LogP) is 2.27. The summed E-state index contributed by atoms with van der Waals surface area (Å²) in [5.74, 6) is 2.09. The smallest absolute Gasteiger partial charge is 0.0408 e. The van der Waals surface area contributed by atoms with E-state index in [1.54, 1.807) is 0 Å². The van der Waals surface area contributed by atoms with Crippen LogP contribution < -0.4 is 0 Å². The molecule has 2 aliphatic carbocycles. The molecule has 0 aromatic carbocycles. The third-order valence-electron chi connectivity index (χ3n) is 4.30. The zero-order chi connectivity index (χ0) is 8.72. The molecular formula is C11H19N. The molecule has 0 aromatic rings. The summed E-state index contributed by atoms with van der Waals surface area (Å²) in [6.45, 7) is 9.52. The first-order valence-corrected chi connectivity index (χ1v) is 5.27. The van der Waals surface area contributed by atoms with Gasteiger partial charge in [-0.1, -0.05) is 6.92 Å². The van der Waals surface area contributed by atoms with Crippen molar-refractivity contribution in [1.29, 1.82) is 0 Å². The van der Waals surface area contributed by atoms with Crippen molar-refractivity contribution in [2.45, 2.75) is 57.7 Å². The van der Waals surface area contributed by atoms with Crippen LogP contribution in [0.4, 0.5) is 0 Å². The minimum absolute atomic E-state index is 0.430. The monoisotopic (exact) mass is 165 g/mol. The van der Waals surface area contributed by atoms with Crippen LogP contribution in [0, 0.1) is 11.8 Å². The molecule has 3 fully saturated rings. The van der Waals surface area contributed by atoms with E-state index in [1.807, 2.05) is 0 Å². The second kappa shape index (κ2) is 1.61. The summed E-state index contributed by atoms with van der Waals surface area (Å²) in [5.41, 5.74) is 1.16. The van der Waals surface area contributed by atoms with Gasteiger partial charge in [0.05, 0.1) is 0 Å². The Hall–Kier alpha value is -0.0400. The molecule has 3 aliphatic rings. The second-order valence-corrected chi connectivity index (χ2v) is 6.07. The van der Waals surface area contributed by atoms with Gasteiger partial charge in [0.15, 0.2) is 0 Å². The van der Waals surface area contributed by atoms with Crippen molar-refractivity contribution in [2.75, 3.05) is 0 Å². The Morgan fingerprint density at radius 3 is 2.33 bits per heavy atom. The van der Waals surface area contributed by atoms with E-state index in [9.17, 15) is 0 Å². The molecule has 1 spiro atoms. The fourth-order valence-corrected chi connectivity index (χ4v) is 3.98. The minimum Gasteiger partial charge on any atom is -0.286 e. The summed E-state index contributed by atoms with van der Waals surface area (Å²) in [4.78, 5) is 2.77. The van der Waals surface area contributed by atoms with E-state index < -0.39 is 0 Å². The largest absolute Gasteiger partial charge is 0.286 e. The van der Waals surface area contributed by atoms with E-state index in [2.05, 4.69) is 32.6 Å². The molecule has 68 valence electrons. The van der Waals surface area contributed by atoms with Crippen LogP contribution in [0.5, 0.6) is 0 Å². The Morgan fingerprint density at radius 2 is 2.00 bits per heavy atom. The Morgan fingerprint density at radius 1 is 1.33 bits per heavy atom. The van der Waals surface area contributed by atoms with E-state index >= 15 is 0 Å². The molecule has 1 heteroatoms. The van der Waals surface area contributed by atoms with Gasteiger partial charge in [-0.05, 0) is 45.4 Å². The fraction of sp³-hybridized carbons (Fsp3) is 1.00. The highest BCUT2D eigenvalue weighted by Crippen LogP contribution is 2.75. The normalized spacial score (nSPS) is 61.0. The van der Waals surface area contributed by atoms with Crippen molar-refractivity contribution < 1.29 is 0 Å². The van der Waals surface area contributed by atoms with Crippen LogP contribution in [0.15, 0.2) is 0 Å². The van der Waals surface area contributed by atoms with Crippen LogP contribution in [-0.2, 0) is 0 Å². The first-order chi connectivity index (χ1) is 5.48. The number of hydrogen-bond donors (Lipinski definition) is 0. The minimum atomic E-state index is 0.430. The highest BCUT2D eigenvalue weighted by Gasteiger charge is 2.83. The maximum atomic E-state index is 2.77. The van der Waals surface area contributed by atoms with Crippen molar-refractivity contribution in [3.63, 3.8) is 0 Å². The first kappa shape index (κ1) is 7.37. The summed E-state index contributed by atoms with van der Waals surface area (Å²) in [5, 5.41) is 0. The van der Waals surface area contributed by atoms with E-state index in [1.165, 1.54) is 12.8 Å². The highest BCUT2D eigenvalue weighted by atomic mass is 15.5. The van der Waals surface area contributed by atoms with Gasteiger partial charge in [-0.15, -0.1) is 0 Å². The molecule has 1 saturated heterocycles. The van der Waals surface area contributed by atoms with Crippen LogP contribution >= 0.6 is 0 Å². The molecule has 0 aromatic heterocycles. The number of nitrogens with zero attached hydrogens (tertiary/aromatic N) is 1. The molecule has 2 saturated carbocycles. The third-order valence-corrected chi connectivity index (χ3v) is 4.30. The molecule has 0 bridgehead atoms. The Balaban J connectivity index is 1.85. The van der Waals surface area contributed by atoms with Gasteiger partial charge < -0.3 is 0 Å². The van der Waals surface area contributed by atoms with Crippen molar-refractivity contribution in [3.8, 4) is 0 Å². The lowest BCUT2D eigenvalue weighted by Gasteiger charge is -2.25. The quantitative estimate of drug-likeness (QED) is 0.498. The third kappa shape index (κ3) is 0.585. The Kier molecular flexibility index (Phi) is 0.991. The van der Waals surface area contributed by atoms with Crippen LogP contribution in [0.2, 0.25) is 0 Å². The average Bonchev–Trinajstić information content (AvgIpc) is 2.69. The lowest BCUT2D eigenvalue weighted by molar-refractivity contribution is 0.228. The lowest BCUT2D eigenvalue weighted by atomic mass is 10.0. The number of likely N-dealkylation sites (tertiary alicyclic amines) is 1. The molecule has 1 heterocycles. The molecule has 12 heavy (non-hydrogen) atoms. The van der Waals surface area contributed by atoms with Gasteiger partial charge >= 0.3 is 0 Å². The second-order valence-electron chi connectivity index (χ2n) is 6.07. The van der Waals surface area contributed by atoms with Crippen molar-refractivity contribution in [1.82, 2.24) is 4.90 Å². The average molecular weight is 165 g/mol. The van der Waals surface area contributed by atoms with Gasteiger partial charge in [0.25, 0.3) is 0 Å². The molecule has 5 atom stereocenters. The predicted molar refractivity (Wildman–Crippen MR) is 50.0 cm³/mol. The summed E-state index contributed by atoms with van der Waals surface area (Å²) in [7, 11) is 0. The zero-order valence-corrected chi connectivity index (χ0v) is 8.59. The summed E-state index contributed by atoms with van der Waals surface area (Å²) < 4.78 is 0. The molecule has 3 rings (SSSR count). The van der Waals surface area contributed by atoms with Crippen LogP contribution in [-0.4, -0.2) is 22.0 Å². The number of rotatable bonds is 0. The SMILES string of the molecule is C[C@@H]1C[C@H]2N(C(C)(C)C)C23CC13. The molecule has 3 unspecified atom stereocenters. The van der Waals surface area contributed by atoms with Gasteiger partial charge in [0, 0.05) is 17.1 Å². The van der Waals surface area contributed by atoms with Crippen molar-refractivity contribution >= 4 is 0 Å². The van der Waals surface area contributed by atoms with Gasteiger partial charge in [-0.2, -0.15) is 0 Å². The van der Waals surface area contributed by atoms with E-state index in [0.717, 1.165) is 23.4 Å². The standard InChI is InChI=1S/C11H19N/c1-7-5-9-11(6-8(7)11)12(9)10(2,3)4/h7-9H,5-6H2,1-4H3/t7-,8?,9-,11?,12?/m1/s1. The van der Waals surface area contributed by atoms with E-state index in [4.69, 9.17) is 0 Å². The maximum Gasteiger partial charge on any atom is 0.0408 e. The maximum absolute atomic E-state index is 2.77. The molecule has 0 N–H and O–H groups in total. The molecule has 1 aliphatic heterocycles. The van der Waals surface area contributed by atoms with Crippen LogP contribution in [0.25, 0.3) is 0 Å². The van der Waals surface area contributed by atoms with Gasteiger partial charge in [0.1, 0.15) is 0 Å². The van der Waals surface area contributed by atoms with E-state index in [-0.39, 0.29) is 0 Å². The Labute approximate surface area is 75.1 Å². The topological polar surface area (TPSA) is 3.01 Å². The molecule has 0 amide bonds. The summed E-state index contributed by atoms with van der Waals surface area (Å²) >= 11 is 0. The fourth-order valence-electron chi connectivity index (χ4n) is 3.98. The Bertz CT molecular complexity index is 240. The number of hydrogen-bond acceptors (Lipinski definition) is 1. The van der Waals surface area contributed by atoms with Crippen molar-refractivity contribution in [3.05, 3.63) is 0 Å². The first-order valence-electron chi connectivity index (χ1n) is 5.27. The van der Waals surface area contributed by atoms with Gasteiger partial charge in [-0.3, -0.25) is 4.90 Å². The highest BCUT2D eigenvalue weighted by molar-refractivity contribution is 5.38. The number of piperidine rings is 1. The van der Waals surface area contributed by atoms with Crippen LogP contribution in [0.3, 0.4) is 0 Å². The van der Waals surface area contributed by atoms with Gasteiger partial charge in [0.2, 0.25) is 0 Å². The molecule has 0 radical (unpaired) electrons. The summed E-state index contributed by atoms with van der Waals surface area (Å²) in [6.07, 6.45) is 2.98. The van der Waals surface area contributed by atoms with Crippen LogP contribution in [0.1, 0.15) is 40.5 Å². The van der Waals surface area contributed by atoms with Crippen molar-refractivity contribution in [2.24, 2.45) is 11.8 Å². The zero-order valence-electron chi connectivity index (χ0n) is 8.59. The van der Waals surface area contributed by atoms with Gasteiger partial charge in [-0.25, -0.2) is 0 Å².